The van der Waals surface area contributed by atoms with Gasteiger partial charge in [-0.3, -0.25) is 22.8 Å². The van der Waals surface area contributed by atoms with Crippen LogP contribution in [0.4, 0.5) is 126 Å². The first-order chi connectivity index (χ1) is 68.8. The Hall–Kier alpha value is -16.2. The highest BCUT2D eigenvalue weighted by molar-refractivity contribution is 7.87. The van der Waals surface area contributed by atoms with Gasteiger partial charge in [-0.15, -0.1) is 10.2 Å². The maximum atomic E-state index is 12.9. The molecule has 12 aromatic carbocycles. The van der Waals surface area contributed by atoms with Crippen molar-refractivity contribution in [3.63, 3.8) is 0 Å². The van der Waals surface area contributed by atoms with Crippen molar-refractivity contribution < 1.29 is 74.3 Å². The average Bonchev–Trinajstić information content (AvgIpc) is 1.35. The molecule has 3 heterocycles. The van der Waals surface area contributed by atoms with Crippen LogP contribution in [0.1, 0.15) is 78.6 Å². The first-order valence-electron chi connectivity index (χ1n) is 44.1. The zero-order valence-electron chi connectivity index (χ0n) is 77.7. The van der Waals surface area contributed by atoms with Crippen LogP contribution in [0.25, 0.3) is 0 Å². The number of rotatable bonds is 38. The number of ether oxygens (including phenoxy) is 2. The molecular weight excluding hydrogens is 1950 g/mol. The summed E-state index contributed by atoms with van der Waals surface area (Å²) in [7, 11) is -23.0. The number of nitrogens with one attached hydrogen (secondary N) is 2. The fraction of sp³-hybridized carbons (Fsp3) is 0.188. The molecule has 48 heteroatoms. The van der Waals surface area contributed by atoms with Gasteiger partial charge in [0.2, 0.25) is 23.8 Å². The van der Waals surface area contributed by atoms with Crippen molar-refractivity contribution in [3.8, 4) is 11.5 Å². The number of anilines is 6. The second kappa shape index (κ2) is 45.2. The molecule has 0 amide bonds. The molecule has 0 spiro atoms. The van der Waals surface area contributed by atoms with Crippen molar-refractivity contribution in [2.75, 3.05) is 52.5 Å². The zero-order valence-corrected chi connectivity index (χ0v) is 81.8. The van der Waals surface area contributed by atoms with Crippen LogP contribution in [-0.4, -0.2) is 139 Å². The van der Waals surface area contributed by atoms with Gasteiger partial charge in [0.15, 0.2) is 0 Å². The van der Waals surface area contributed by atoms with Gasteiger partial charge in [-0.25, -0.2) is 4.98 Å². The average molecular weight is 2040 g/mol. The van der Waals surface area contributed by atoms with E-state index in [0.29, 0.717) is 126 Å². The Balaban J connectivity index is 0.752. The van der Waals surface area contributed by atoms with Crippen LogP contribution in [-0.2, 0) is 63.4 Å². The smallest absolute Gasteiger partial charge is 0.296 e. The van der Waals surface area contributed by atoms with Crippen molar-refractivity contribution in [3.05, 3.63) is 300 Å². The van der Waals surface area contributed by atoms with Crippen LogP contribution in [0, 0.1) is 27.7 Å². The third kappa shape index (κ3) is 28.2. The quantitative estimate of drug-likeness (QED) is 0.0107. The number of nitrogens with zero attached hydrogens (tertiary/aromatic N) is 24. The summed E-state index contributed by atoms with van der Waals surface area (Å²) in [6, 6.07) is 65.8. The molecular formula is C96H90N26O17S5. The van der Waals surface area contributed by atoms with E-state index in [0.717, 1.165) is 23.3 Å². The van der Waals surface area contributed by atoms with Gasteiger partial charge in [-0.2, -0.15) is 139 Å². The van der Waals surface area contributed by atoms with E-state index in [1.807, 2.05) is 67.8 Å². The van der Waals surface area contributed by atoms with Crippen LogP contribution in [0.3, 0.4) is 0 Å². The minimum Gasteiger partial charge on any atom is -0.493 e. The first-order valence-corrected chi connectivity index (χ1v) is 51.5. The molecule has 43 nitrogen and oxygen atoms in total. The monoisotopic (exact) mass is 2040 g/mol. The molecule has 144 heavy (non-hydrogen) atoms. The Morgan fingerprint density at radius 2 is 0.729 bits per heavy atom. The maximum absolute atomic E-state index is 12.9. The molecule has 2 aromatic heterocycles. The van der Waals surface area contributed by atoms with Gasteiger partial charge in [0.25, 0.3) is 50.6 Å². The summed E-state index contributed by atoms with van der Waals surface area (Å²) in [6.07, 6.45) is 0.765. The molecule has 2 unspecified atom stereocenters. The largest absolute Gasteiger partial charge is 0.493 e. The number of aromatic nitrogens is 6. The fourth-order valence-corrected chi connectivity index (χ4v) is 17.2. The van der Waals surface area contributed by atoms with Gasteiger partial charge in [0.05, 0.1) is 114 Å². The number of piperazine rings is 1. The Labute approximate surface area is 827 Å². The molecule has 15 rings (SSSR count). The lowest BCUT2D eigenvalue weighted by molar-refractivity contribution is 0.314. The van der Waals surface area contributed by atoms with E-state index >= 15 is 0 Å². The van der Waals surface area contributed by atoms with E-state index in [1.54, 1.807) is 160 Å². The van der Waals surface area contributed by atoms with Gasteiger partial charge in [-0.05, 0) is 276 Å². The number of aryl methyl sites for hydroxylation is 4. The van der Waals surface area contributed by atoms with Gasteiger partial charge in [0.1, 0.15) is 44.3 Å². The Kier molecular flexibility index (Phi) is 32.1. The van der Waals surface area contributed by atoms with Crippen LogP contribution in [0.5, 0.6) is 11.5 Å². The highest BCUT2D eigenvalue weighted by atomic mass is 32.2. The molecule has 7 N–H and O–H groups in total. The Morgan fingerprint density at radius 1 is 0.347 bits per heavy atom. The van der Waals surface area contributed by atoms with E-state index in [2.05, 4.69) is 92.5 Å². The van der Waals surface area contributed by atoms with E-state index in [9.17, 15) is 64.9 Å². The second-order valence-corrected chi connectivity index (χ2v) is 39.9. The molecule has 1 fully saturated rings. The lowest BCUT2D eigenvalue weighted by Crippen LogP contribution is -2.58. The highest BCUT2D eigenvalue weighted by Gasteiger charge is 2.35. The standard InChI is InChI=1S/C96H90N26O17S5/c1-8-44-138-87-55-84(120-118-83-43-35-77(54-90(83)144(135,136)137)114-106-68-18-13-10-14-19-68)60(3)48-66(87)52-92-99-91(51-65-20-40-80(59(2)47-65)115-111-71-25-21-69(22-26-71)107-109-73-29-36-78(37-30-73)141(126,127)128)100-95(101-92)121-57-63(6)122(64(7)58-121)96-103-93(97-75-33-41-81(61(4)49-75)116-117-82-42-34-76(53-89(82)143(132,133)134)113-105-67-16-11-9-12-17-67)102-94(104-96)98-86-50-62(5)85(56-88(86)139-45-15-46-140(123,124)125)119-112-72-27-23-70(24-28-72)108-110-74-31-38-79(39-32-74)142(129,130)131/h9-14,16-43,47-50,53-56,63-64H,8,15,44-46,51-52,57-58H2,1-7H3,(H,123,124,125)(H,126,127,128)(H,129,130,131)(H,132,133,134)(H,135,136,137)(H2,97,98,102,103,104). The number of benzene rings is 12. The number of azo groups is 8. The summed E-state index contributed by atoms with van der Waals surface area (Å²) in [5, 5.41) is 75.7. The first kappa shape index (κ1) is 102. The van der Waals surface area contributed by atoms with E-state index in [1.165, 1.54) is 72.8 Å². The van der Waals surface area contributed by atoms with E-state index in [-0.39, 0.29) is 107 Å². The highest BCUT2D eigenvalue weighted by Crippen LogP contribution is 2.42. The summed E-state index contributed by atoms with van der Waals surface area (Å²) >= 11 is 0. The minimum atomic E-state index is -4.87. The number of hydrogen-bond donors (Lipinski definition) is 7. The maximum Gasteiger partial charge on any atom is 0.296 e. The SMILES string of the molecule is CCCOc1cc(N=Nc2ccc(N=Nc3ccccc3)cc2S(=O)(=O)O)c(C)cc1Cc1nc(Cc2ccc(N=Nc3ccc(N=Nc4ccc(S(=O)(=O)O)cc4)cc3)c(C)c2)nc(N2CC(C)N(c3nc(Nc4ccc(N=Nc5ccc(N=Nc6ccccc6)cc5S(=O)(=O)O)c(C)c4)nc(Nc4cc(C)c(N=Nc5ccc(N=Nc6ccc(S(=O)(=O)O)cc6)cc5)cc4OCCCS(=O)(=O)O)n3)C(C)C2)n1. The minimum absolute atomic E-state index is 0.0208. The molecule has 0 radical (unpaired) electrons. The van der Waals surface area contributed by atoms with Crippen LogP contribution < -0.4 is 29.9 Å². The summed E-state index contributed by atoms with van der Waals surface area (Å²) in [5.41, 5.74) is 9.55. The summed E-state index contributed by atoms with van der Waals surface area (Å²) in [6.45, 7) is 13.7. The summed E-state index contributed by atoms with van der Waals surface area (Å²) in [4.78, 5) is 33.1. The molecule has 1 aliphatic rings. The molecule has 0 aliphatic carbocycles. The van der Waals surface area contributed by atoms with Gasteiger partial charge in [-0.1, -0.05) is 55.5 Å². The van der Waals surface area contributed by atoms with Crippen molar-refractivity contribution >= 4 is 177 Å². The van der Waals surface area contributed by atoms with Crippen molar-refractivity contribution in [2.45, 2.75) is 106 Å². The lowest BCUT2D eigenvalue weighted by atomic mass is 10.0. The van der Waals surface area contributed by atoms with Gasteiger partial charge < -0.3 is 29.9 Å². The predicted octanol–water partition coefficient (Wildman–Crippen LogP) is 24.8. The molecule has 1 saturated heterocycles. The predicted molar refractivity (Wildman–Crippen MR) is 537 cm³/mol. The summed E-state index contributed by atoms with van der Waals surface area (Å²) in [5.74, 6) is 1.14. The molecule has 0 saturated carbocycles. The topological polar surface area (TPSA) is 596 Å². The fourth-order valence-electron chi connectivity index (χ4n) is 14.5. The number of hydrogen-bond acceptors (Lipinski definition) is 38. The second-order valence-electron chi connectivity index (χ2n) is 32.7. The van der Waals surface area contributed by atoms with E-state index < -0.39 is 78.2 Å². The normalized spacial score (nSPS) is 14.1. The summed E-state index contributed by atoms with van der Waals surface area (Å²) < 4.78 is 184. The van der Waals surface area contributed by atoms with Crippen LogP contribution >= 0.6 is 0 Å². The Bertz CT molecular complexity index is 8000. The zero-order chi connectivity index (χ0) is 102. The van der Waals surface area contributed by atoms with Crippen LogP contribution in [0.2, 0.25) is 0 Å². The molecule has 14 aromatic rings. The molecule has 2 atom stereocenters. The third-order valence-electron chi connectivity index (χ3n) is 21.5. The van der Waals surface area contributed by atoms with Crippen molar-refractivity contribution in [1.29, 1.82) is 0 Å². The van der Waals surface area contributed by atoms with E-state index in [4.69, 9.17) is 39.4 Å². The van der Waals surface area contributed by atoms with Gasteiger partial charge >= 0.3 is 0 Å². The van der Waals surface area contributed by atoms with Gasteiger partial charge in [0, 0.05) is 61.4 Å². The van der Waals surface area contributed by atoms with Crippen molar-refractivity contribution in [2.24, 2.45) is 81.8 Å². The molecule has 0 bridgehead atoms. The Morgan fingerprint density at radius 3 is 1.19 bits per heavy atom. The lowest BCUT2D eigenvalue weighted by Gasteiger charge is -2.44. The molecule has 1 aliphatic heterocycles. The third-order valence-corrected chi connectivity index (χ3v) is 25.8. The molecule has 736 valence electrons. The van der Waals surface area contributed by atoms with Crippen molar-refractivity contribution in [1.82, 2.24) is 29.9 Å². The van der Waals surface area contributed by atoms with Crippen LogP contribution in [0.15, 0.2) is 356 Å².